The zero-order chi connectivity index (χ0) is 18.9. The van der Waals surface area contributed by atoms with E-state index in [4.69, 9.17) is 4.74 Å². The van der Waals surface area contributed by atoms with Crippen LogP contribution in [0.15, 0.2) is 4.99 Å². The molecule has 1 heterocycles. The third-order valence-corrected chi connectivity index (χ3v) is 6.52. The van der Waals surface area contributed by atoms with Gasteiger partial charge in [0.2, 0.25) is 0 Å². The highest BCUT2D eigenvalue weighted by Gasteiger charge is 2.59. The van der Waals surface area contributed by atoms with Crippen LogP contribution in [-0.2, 0) is 18.2 Å². The molecular formula is C20H36IN5O. The van der Waals surface area contributed by atoms with Crippen molar-refractivity contribution in [3.63, 3.8) is 0 Å². The molecule has 3 atom stereocenters. The lowest BCUT2D eigenvalue weighted by Gasteiger charge is -2.61. The summed E-state index contributed by atoms with van der Waals surface area (Å²) >= 11 is 0. The Morgan fingerprint density at radius 3 is 2.59 bits per heavy atom. The topological polar surface area (TPSA) is 63.5 Å². The number of ether oxygens (including phenoxy) is 1. The first-order valence-electron chi connectivity index (χ1n) is 10.0. The second kappa shape index (κ2) is 9.11. The van der Waals surface area contributed by atoms with E-state index < -0.39 is 0 Å². The molecule has 2 aliphatic carbocycles. The molecule has 2 aliphatic rings. The first-order chi connectivity index (χ1) is 12.4. The molecule has 1 spiro atoms. The summed E-state index contributed by atoms with van der Waals surface area (Å²) in [4.78, 5) is 4.47. The molecule has 2 N–H and O–H groups in total. The van der Waals surface area contributed by atoms with Crippen LogP contribution in [0, 0.1) is 19.3 Å². The molecule has 2 saturated carbocycles. The quantitative estimate of drug-likeness (QED) is 0.366. The van der Waals surface area contributed by atoms with Crippen LogP contribution in [-0.4, -0.2) is 47.6 Å². The van der Waals surface area contributed by atoms with E-state index in [0.717, 1.165) is 31.1 Å². The average Bonchev–Trinajstić information content (AvgIpc) is 2.77. The van der Waals surface area contributed by atoms with Gasteiger partial charge in [-0.25, -0.2) is 0 Å². The molecule has 3 unspecified atom stereocenters. The normalized spacial score (nSPS) is 24.6. The van der Waals surface area contributed by atoms with Gasteiger partial charge in [-0.3, -0.25) is 9.67 Å². The highest BCUT2D eigenvalue weighted by Crippen LogP contribution is 2.57. The van der Waals surface area contributed by atoms with Crippen molar-refractivity contribution in [3.8, 4) is 0 Å². The summed E-state index contributed by atoms with van der Waals surface area (Å²) in [6, 6.07) is 0.774. The van der Waals surface area contributed by atoms with Gasteiger partial charge in [0.1, 0.15) is 0 Å². The van der Waals surface area contributed by atoms with Crippen LogP contribution < -0.4 is 10.6 Å². The van der Waals surface area contributed by atoms with Crippen molar-refractivity contribution in [1.29, 1.82) is 0 Å². The number of aromatic nitrogens is 2. The number of halogens is 1. The van der Waals surface area contributed by atoms with Gasteiger partial charge < -0.3 is 15.4 Å². The standard InChI is InChI=1S/C20H35N5O.HI/c1-7-26-18-12-17(20(18)9-8-10-20)23-19(21-5)22-13(2)11-16-14(3)24-25(6)15(16)4;/h13,17-18H,7-12H2,1-6H3,(H2,21,22,23);1H. The van der Waals surface area contributed by atoms with Crippen molar-refractivity contribution in [3.05, 3.63) is 17.0 Å². The molecule has 1 aromatic heterocycles. The van der Waals surface area contributed by atoms with Crippen molar-refractivity contribution >= 4 is 29.9 Å². The lowest BCUT2D eigenvalue weighted by atomic mass is 9.51. The fraction of sp³-hybridized carbons (Fsp3) is 0.800. The monoisotopic (exact) mass is 489 g/mol. The molecule has 27 heavy (non-hydrogen) atoms. The smallest absolute Gasteiger partial charge is 0.191 e. The Balaban J connectivity index is 0.00000261. The van der Waals surface area contributed by atoms with Crippen LogP contribution >= 0.6 is 24.0 Å². The Bertz CT molecular complexity index is 668. The summed E-state index contributed by atoms with van der Waals surface area (Å²) in [6.07, 6.45) is 6.33. The lowest BCUT2D eigenvalue weighted by molar-refractivity contribution is -0.168. The number of guanidine groups is 1. The van der Waals surface area contributed by atoms with Gasteiger partial charge in [0.25, 0.3) is 0 Å². The van der Waals surface area contributed by atoms with E-state index in [-0.39, 0.29) is 24.0 Å². The van der Waals surface area contributed by atoms with Crippen molar-refractivity contribution in [1.82, 2.24) is 20.4 Å². The highest BCUT2D eigenvalue weighted by atomic mass is 127. The third-order valence-electron chi connectivity index (χ3n) is 6.52. The zero-order valence-electron chi connectivity index (χ0n) is 17.6. The van der Waals surface area contributed by atoms with Crippen LogP contribution in [0.3, 0.4) is 0 Å². The zero-order valence-corrected chi connectivity index (χ0v) is 20.0. The van der Waals surface area contributed by atoms with Gasteiger partial charge >= 0.3 is 0 Å². The molecule has 2 fully saturated rings. The number of hydrogen-bond donors (Lipinski definition) is 2. The molecule has 6 nitrogen and oxygen atoms in total. The number of aliphatic imine (C=N–C) groups is 1. The molecule has 0 amide bonds. The molecule has 3 rings (SSSR count). The van der Waals surface area contributed by atoms with Crippen LogP contribution in [0.5, 0.6) is 0 Å². The van der Waals surface area contributed by atoms with Gasteiger partial charge in [0.15, 0.2) is 5.96 Å². The summed E-state index contributed by atoms with van der Waals surface area (Å²) in [5, 5.41) is 11.8. The molecule has 0 saturated heterocycles. The van der Waals surface area contributed by atoms with Gasteiger partial charge in [-0.15, -0.1) is 24.0 Å². The molecule has 0 aromatic carbocycles. The van der Waals surface area contributed by atoms with Gasteiger partial charge in [-0.05, 0) is 58.9 Å². The fourth-order valence-electron chi connectivity index (χ4n) is 4.68. The van der Waals surface area contributed by atoms with Crippen LogP contribution in [0.4, 0.5) is 0 Å². The number of nitrogens with one attached hydrogen (secondary N) is 2. The molecule has 7 heteroatoms. The summed E-state index contributed by atoms with van der Waals surface area (Å²) < 4.78 is 7.93. The average molecular weight is 489 g/mol. The Hall–Kier alpha value is -0.830. The van der Waals surface area contributed by atoms with Crippen molar-refractivity contribution in [2.75, 3.05) is 13.7 Å². The van der Waals surface area contributed by atoms with Gasteiger partial charge in [0.05, 0.1) is 11.8 Å². The number of hydrogen-bond acceptors (Lipinski definition) is 3. The second-order valence-electron chi connectivity index (χ2n) is 8.06. The minimum atomic E-state index is 0. The summed E-state index contributed by atoms with van der Waals surface area (Å²) in [7, 11) is 3.86. The molecule has 1 aromatic rings. The first kappa shape index (κ1) is 22.5. The number of aryl methyl sites for hydroxylation is 2. The van der Waals surface area contributed by atoms with E-state index in [1.807, 2.05) is 18.8 Å². The predicted octanol–water partition coefficient (Wildman–Crippen LogP) is 3.10. The molecule has 154 valence electrons. The Labute approximate surface area is 180 Å². The Morgan fingerprint density at radius 2 is 2.11 bits per heavy atom. The van der Waals surface area contributed by atoms with E-state index in [2.05, 4.69) is 48.4 Å². The molecule has 0 radical (unpaired) electrons. The molecule has 0 aliphatic heterocycles. The van der Waals surface area contributed by atoms with Crippen molar-refractivity contribution in [2.45, 2.75) is 78.0 Å². The fourth-order valence-corrected chi connectivity index (χ4v) is 4.68. The SMILES string of the molecule is CCOC1CC(NC(=NC)NC(C)Cc2c(C)nn(C)c2C)C12CCC2.I. The first-order valence-corrected chi connectivity index (χ1v) is 10.0. The van der Waals surface area contributed by atoms with Crippen LogP contribution in [0.2, 0.25) is 0 Å². The summed E-state index contributed by atoms with van der Waals surface area (Å²) in [6.45, 7) is 9.34. The van der Waals surface area contributed by atoms with E-state index in [1.54, 1.807) is 0 Å². The molecule has 0 bridgehead atoms. The molecular weight excluding hydrogens is 453 g/mol. The lowest BCUT2D eigenvalue weighted by Crippen LogP contribution is -2.69. The van der Waals surface area contributed by atoms with Crippen molar-refractivity contribution < 1.29 is 4.74 Å². The maximum Gasteiger partial charge on any atom is 0.191 e. The van der Waals surface area contributed by atoms with Gasteiger partial charge in [-0.1, -0.05) is 6.42 Å². The van der Waals surface area contributed by atoms with E-state index in [9.17, 15) is 0 Å². The minimum absolute atomic E-state index is 0. The largest absolute Gasteiger partial charge is 0.378 e. The van der Waals surface area contributed by atoms with Crippen molar-refractivity contribution in [2.24, 2.45) is 17.5 Å². The van der Waals surface area contributed by atoms with Gasteiger partial charge in [0, 0.05) is 43.9 Å². The summed E-state index contributed by atoms with van der Waals surface area (Å²) in [5.74, 6) is 0.905. The number of rotatable bonds is 6. The maximum atomic E-state index is 5.96. The van der Waals surface area contributed by atoms with E-state index >= 15 is 0 Å². The van der Waals surface area contributed by atoms with Crippen LogP contribution in [0.1, 0.15) is 56.5 Å². The van der Waals surface area contributed by atoms with E-state index in [1.165, 1.54) is 30.5 Å². The number of nitrogens with zero attached hydrogens (tertiary/aromatic N) is 3. The second-order valence-corrected chi connectivity index (χ2v) is 8.06. The van der Waals surface area contributed by atoms with E-state index in [0.29, 0.717) is 23.6 Å². The Morgan fingerprint density at radius 1 is 1.41 bits per heavy atom. The summed E-state index contributed by atoms with van der Waals surface area (Å²) in [5.41, 5.74) is 4.03. The van der Waals surface area contributed by atoms with Crippen LogP contribution in [0.25, 0.3) is 0 Å². The third kappa shape index (κ3) is 4.28. The minimum Gasteiger partial charge on any atom is -0.378 e. The highest BCUT2D eigenvalue weighted by molar-refractivity contribution is 14.0. The predicted molar refractivity (Wildman–Crippen MR) is 121 cm³/mol. The Kier molecular flexibility index (Phi) is 7.58. The van der Waals surface area contributed by atoms with Gasteiger partial charge in [-0.2, -0.15) is 5.10 Å². The maximum absolute atomic E-state index is 5.96.